The highest BCUT2D eigenvalue weighted by molar-refractivity contribution is 7.11. The molecule has 0 spiro atoms. The Morgan fingerprint density at radius 3 is 2.45 bits per heavy atom. The molecule has 2 N–H and O–H groups in total. The van der Waals surface area contributed by atoms with Gasteiger partial charge in [0.2, 0.25) is 0 Å². The van der Waals surface area contributed by atoms with E-state index in [2.05, 4.69) is 35.3 Å². The van der Waals surface area contributed by atoms with E-state index in [1.165, 1.54) is 30.8 Å². The van der Waals surface area contributed by atoms with Crippen molar-refractivity contribution in [1.82, 2.24) is 9.27 Å². The minimum Gasteiger partial charge on any atom is -0.484 e. The molecule has 1 aliphatic carbocycles. The summed E-state index contributed by atoms with van der Waals surface area (Å²) in [6, 6.07) is 0. The number of likely N-dealkylation sites (N-methyl/N-ethyl adjacent to an activating group) is 2. The third-order valence-corrected chi connectivity index (χ3v) is 5.08. The number of rotatable bonds is 6. The van der Waals surface area contributed by atoms with Gasteiger partial charge in [-0.2, -0.15) is 4.37 Å². The van der Waals surface area contributed by atoms with Crippen molar-refractivity contribution in [3.8, 4) is 5.75 Å². The lowest BCUT2D eigenvalue weighted by molar-refractivity contribution is 0.0683. The Hall–Kier alpha value is -1.01. The van der Waals surface area contributed by atoms with Gasteiger partial charge in [0.05, 0.1) is 6.10 Å². The first kappa shape index (κ1) is 15.4. The minimum absolute atomic E-state index is 0.104. The van der Waals surface area contributed by atoms with Crippen LogP contribution in [0.1, 0.15) is 33.1 Å². The Balaban J connectivity index is 2.15. The molecule has 0 unspecified atom stereocenters. The number of nitrogens with two attached hydrogens (primary N) is 1. The molecule has 114 valence electrons. The van der Waals surface area contributed by atoms with Crippen LogP contribution in [0.3, 0.4) is 0 Å². The number of nitrogens with zero attached hydrogens (tertiary/aromatic N) is 3. The first-order valence-electron chi connectivity index (χ1n) is 7.16. The third-order valence-electron chi connectivity index (χ3n) is 4.12. The predicted molar refractivity (Wildman–Crippen MR) is 85.8 cm³/mol. The molecule has 0 atom stereocenters. The molecule has 0 amide bonds. The second kappa shape index (κ2) is 5.77. The summed E-state index contributed by atoms with van der Waals surface area (Å²) < 4.78 is 10.1. The standard InChI is InChI=1S/C14H26N4OS/c1-10(2)19-11-12(15)16-20-13(11)18(5)9-14(17(3)4)7-6-8-14/h10H,6-9H2,1-5H3,(H2,15,16). The van der Waals surface area contributed by atoms with Crippen LogP contribution >= 0.6 is 11.5 Å². The van der Waals surface area contributed by atoms with Gasteiger partial charge in [-0.15, -0.1) is 0 Å². The zero-order valence-corrected chi connectivity index (χ0v) is 14.0. The zero-order valence-electron chi connectivity index (χ0n) is 13.1. The molecule has 1 saturated carbocycles. The van der Waals surface area contributed by atoms with Gasteiger partial charge in [-0.3, -0.25) is 0 Å². The molecule has 6 heteroatoms. The molecule has 20 heavy (non-hydrogen) atoms. The van der Waals surface area contributed by atoms with Gasteiger partial charge in [-0.1, -0.05) is 0 Å². The summed E-state index contributed by atoms with van der Waals surface area (Å²) in [6.45, 7) is 5.00. The van der Waals surface area contributed by atoms with Crippen LogP contribution in [0.5, 0.6) is 5.75 Å². The van der Waals surface area contributed by atoms with E-state index in [1.54, 1.807) is 0 Å². The molecule has 0 bridgehead atoms. The number of nitrogen functional groups attached to an aromatic ring is 1. The van der Waals surface area contributed by atoms with E-state index in [0.717, 1.165) is 17.3 Å². The summed E-state index contributed by atoms with van der Waals surface area (Å²) in [6.07, 6.45) is 3.91. The zero-order chi connectivity index (χ0) is 14.9. The molecular weight excluding hydrogens is 272 g/mol. The lowest BCUT2D eigenvalue weighted by Gasteiger charge is -2.49. The maximum absolute atomic E-state index is 5.93. The van der Waals surface area contributed by atoms with E-state index in [4.69, 9.17) is 10.5 Å². The van der Waals surface area contributed by atoms with Crippen LogP contribution in [-0.2, 0) is 0 Å². The van der Waals surface area contributed by atoms with Gasteiger partial charge in [0.25, 0.3) is 0 Å². The van der Waals surface area contributed by atoms with Crippen LogP contribution < -0.4 is 15.4 Å². The van der Waals surface area contributed by atoms with Crippen LogP contribution in [0.25, 0.3) is 0 Å². The van der Waals surface area contributed by atoms with Crippen LogP contribution in [0.2, 0.25) is 0 Å². The highest BCUT2D eigenvalue weighted by atomic mass is 32.1. The lowest BCUT2D eigenvalue weighted by atomic mass is 9.75. The van der Waals surface area contributed by atoms with Crippen molar-refractivity contribution in [1.29, 1.82) is 0 Å². The van der Waals surface area contributed by atoms with Crippen molar-refractivity contribution < 1.29 is 4.74 Å². The fourth-order valence-electron chi connectivity index (χ4n) is 2.72. The molecule has 1 aromatic heterocycles. The van der Waals surface area contributed by atoms with E-state index in [9.17, 15) is 0 Å². The van der Waals surface area contributed by atoms with E-state index < -0.39 is 0 Å². The van der Waals surface area contributed by atoms with E-state index in [1.807, 2.05) is 13.8 Å². The fourth-order valence-corrected chi connectivity index (χ4v) is 3.43. The van der Waals surface area contributed by atoms with Gasteiger partial charge in [0, 0.05) is 19.1 Å². The minimum atomic E-state index is 0.104. The van der Waals surface area contributed by atoms with Crippen molar-refractivity contribution in [2.75, 3.05) is 38.3 Å². The Bertz CT molecular complexity index is 454. The van der Waals surface area contributed by atoms with Crippen molar-refractivity contribution in [2.45, 2.75) is 44.8 Å². The summed E-state index contributed by atoms with van der Waals surface area (Å²) in [5, 5.41) is 1.03. The topological polar surface area (TPSA) is 54.6 Å². The maximum atomic E-state index is 5.93. The van der Waals surface area contributed by atoms with Crippen molar-refractivity contribution >= 4 is 22.4 Å². The van der Waals surface area contributed by atoms with Crippen LogP contribution in [0.15, 0.2) is 0 Å². The van der Waals surface area contributed by atoms with Gasteiger partial charge in [0.1, 0.15) is 0 Å². The van der Waals surface area contributed by atoms with Gasteiger partial charge in [-0.05, 0) is 58.7 Å². The smallest absolute Gasteiger partial charge is 0.198 e. The van der Waals surface area contributed by atoms with Crippen LogP contribution in [0, 0.1) is 0 Å². The normalized spacial score (nSPS) is 17.4. The molecule has 1 fully saturated rings. The monoisotopic (exact) mass is 298 g/mol. The van der Waals surface area contributed by atoms with Gasteiger partial charge in [0.15, 0.2) is 16.6 Å². The van der Waals surface area contributed by atoms with Gasteiger partial charge in [-0.25, -0.2) is 0 Å². The summed E-state index contributed by atoms with van der Waals surface area (Å²) in [4.78, 5) is 4.59. The van der Waals surface area contributed by atoms with Crippen molar-refractivity contribution in [3.05, 3.63) is 0 Å². The van der Waals surface area contributed by atoms with E-state index in [-0.39, 0.29) is 11.6 Å². The molecule has 1 heterocycles. The second-order valence-corrected chi connectivity index (χ2v) is 6.95. The molecule has 0 aromatic carbocycles. The highest BCUT2D eigenvalue weighted by Gasteiger charge is 2.40. The second-order valence-electron chi connectivity index (χ2n) is 6.20. The Kier molecular flexibility index (Phi) is 4.44. The molecule has 1 aliphatic rings. The Morgan fingerprint density at radius 2 is 2.00 bits per heavy atom. The van der Waals surface area contributed by atoms with Gasteiger partial charge < -0.3 is 20.3 Å². The molecule has 1 aromatic rings. The average Bonchev–Trinajstić information content (AvgIpc) is 2.64. The van der Waals surface area contributed by atoms with E-state index in [0.29, 0.717) is 5.82 Å². The first-order valence-corrected chi connectivity index (χ1v) is 7.93. The summed E-state index contributed by atoms with van der Waals surface area (Å²) in [5.74, 6) is 1.23. The molecular formula is C14H26N4OS. The van der Waals surface area contributed by atoms with Gasteiger partial charge >= 0.3 is 0 Å². The third kappa shape index (κ3) is 2.86. The number of hydrogen-bond acceptors (Lipinski definition) is 6. The molecule has 0 saturated heterocycles. The summed E-state index contributed by atoms with van der Waals surface area (Å²) >= 11 is 1.42. The van der Waals surface area contributed by atoms with Crippen molar-refractivity contribution in [2.24, 2.45) is 0 Å². The van der Waals surface area contributed by atoms with Crippen molar-refractivity contribution in [3.63, 3.8) is 0 Å². The summed E-state index contributed by atoms with van der Waals surface area (Å²) in [7, 11) is 6.43. The fraction of sp³-hybridized carbons (Fsp3) is 0.786. The Morgan fingerprint density at radius 1 is 1.35 bits per heavy atom. The first-order chi connectivity index (χ1) is 9.35. The Labute approximate surface area is 125 Å². The number of ether oxygens (including phenoxy) is 1. The quantitative estimate of drug-likeness (QED) is 0.874. The number of anilines is 2. The van der Waals surface area contributed by atoms with E-state index >= 15 is 0 Å². The molecule has 0 aliphatic heterocycles. The predicted octanol–water partition coefficient (Wildman–Crippen LogP) is 2.43. The van der Waals surface area contributed by atoms with Crippen LogP contribution in [0.4, 0.5) is 10.8 Å². The maximum Gasteiger partial charge on any atom is 0.198 e. The largest absolute Gasteiger partial charge is 0.484 e. The molecule has 5 nitrogen and oxygen atoms in total. The average molecular weight is 298 g/mol. The highest BCUT2D eigenvalue weighted by Crippen LogP contribution is 2.42. The SMILES string of the molecule is CC(C)Oc1c(N)nsc1N(C)CC1(N(C)C)CCC1. The molecule has 0 radical (unpaired) electrons. The lowest BCUT2D eigenvalue weighted by Crippen LogP contribution is -2.56. The summed E-state index contributed by atoms with van der Waals surface area (Å²) in [5.41, 5.74) is 6.22. The van der Waals surface area contributed by atoms with Crippen LogP contribution in [-0.4, -0.2) is 48.6 Å². The number of aromatic nitrogens is 1. The number of hydrogen-bond donors (Lipinski definition) is 1. The molecule has 2 rings (SSSR count).